The Kier molecular flexibility index (Phi) is 4.18. The van der Waals surface area contributed by atoms with Crippen molar-refractivity contribution in [3.63, 3.8) is 0 Å². The van der Waals surface area contributed by atoms with Crippen LogP contribution >= 0.6 is 11.6 Å². The Morgan fingerprint density at radius 2 is 1.82 bits per heavy atom. The molecule has 0 atom stereocenters. The first-order chi connectivity index (χ1) is 13.5. The van der Waals surface area contributed by atoms with Crippen LogP contribution in [-0.4, -0.2) is 37.5 Å². The fourth-order valence-corrected chi connectivity index (χ4v) is 6.07. The number of hydrogen-bond donors (Lipinski definition) is 0. The molecule has 2 saturated heterocycles. The number of halogens is 1. The highest BCUT2D eigenvalue weighted by atomic mass is 35.5. The maximum atomic E-state index is 12.2. The Labute approximate surface area is 170 Å². The second-order valence-electron chi connectivity index (χ2n) is 7.79. The Bertz CT molecular complexity index is 1040. The van der Waals surface area contributed by atoms with Crippen LogP contribution < -0.4 is 4.74 Å². The molecule has 7 heteroatoms. The first kappa shape index (κ1) is 18.0. The summed E-state index contributed by atoms with van der Waals surface area (Å²) < 4.78 is 34.5. The fraction of sp³-hybridized carbons (Fsp3) is 0.381. The topological polar surface area (TPSA) is 59.0 Å². The molecule has 1 saturated carbocycles. The number of hydrogen-bond acceptors (Lipinski definition) is 4. The van der Waals surface area contributed by atoms with Crippen molar-refractivity contribution >= 4 is 27.5 Å². The molecule has 2 aromatic carbocycles. The average Bonchev–Trinajstić information content (AvgIpc) is 2.68. The van der Waals surface area contributed by atoms with Gasteiger partial charge in [0.2, 0.25) is 0 Å². The van der Waals surface area contributed by atoms with Gasteiger partial charge in [-0.15, -0.1) is 4.40 Å². The molecule has 0 aromatic heterocycles. The van der Waals surface area contributed by atoms with Gasteiger partial charge in [-0.05, 0) is 61.6 Å². The molecule has 3 aliphatic heterocycles. The normalized spacial score (nSPS) is 27.8. The van der Waals surface area contributed by atoms with E-state index in [1.165, 1.54) is 0 Å². The number of ether oxygens (including phenoxy) is 1. The highest BCUT2D eigenvalue weighted by Gasteiger charge is 2.52. The van der Waals surface area contributed by atoms with Gasteiger partial charge in [-0.1, -0.05) is 29.8 Å². The van der Waals surface area contributed by atoms with Gasteiger partial charge >= 0.3 is 0 Å². The Hall–Kier alpha value is -2.05. The van der Waals surface area contributed by atoms with Crippen molar-refractivity contribution in [3.8, 4) is 11.5 Å². The molecule has 0 spiro atoms. The summed E-state index contributed by atoms with van der Waals surface area (Å²) in [7, 11) is -3.37. The second kappa shape index (κ2) is 6.49. The molecule has 1 aliphatic carbocycles. The number of rotatable bonds is 3. The Balaban J connectivity index is 1.48. The fourth-order valence-electron chi connectivity index (χ4n) is 4.82. The van der Waals surface area contributed by atoms with Gasteiger partial charge in [0.1, 0.15) is 17.3 Å². The van der Waals surface area contributed by atoms with Crippen LogP contribution in [0.5, 0.6) is 11.5 Å². The number of sulfonamides is 1. The van der Waals surface area contributed by atoms with Crippen molar-refractivity contribution in [1.82, 2.24) is 4.90 Å². The van der Waals surface area contributed by atoms with Gasteiger partial charge in [0.05, 0.1) is 11.2 Å². The van der Waals surface area contributed by atoms with E-state index in [0.29, 0.717) is 23.4 Å². The van der Waals surface area contributed by atoms with Crippen LogP contribution in [0.3, 0.4) is 0 Å². The maximum Gasteiger partial charge on any atom is 0.256 e. The molecule has 0 amide bonds. The summed E-state index contributed by atoms with van der Waals surface area (Å²) in [5.41, 5.74) is 0.807. The minimum absolute atomic E-state index is 0.121. The minimum atomic E-state index is -3.37. The van der Waals surface area contributed by atoms with E-state index in [1.807, 2.05) is 36.4 Å². The number of piperidine rings is 2. The molecule has 0 radical (unpaired) electrons. The van der Waals surface area contributed by atoms with E-state index in [-0.39, 0.29) is 11.2 Å². The van der Waals surface area contributed by atoms with E-state index in [9.17, 15) is 8.42 Å². The highest BCUT2D eigenvalue weighted by Crippen LogP contribution is 2.49. The molecule has 3 heterocycles. The van der Waals surface area contributed by atoms with Crippen molar-refractivity contribution in [1.29, 1.82) is 0 Å². The van der Waals surface area contributed by atoms with Gasteiger partial charge in [-0.2, -0.15) is 0 Å². The molecule has 6 rings (SSSR count). The van der Waals surface area contributed by atoms with Gasteiger partial charge in [-0.25, -0.2) is 8.42 Å². The van der Waals surface area contributed by atoms with Crippen LogP contribution in [0.4, 0.5) is 0 Å². The zero-order valence-corrected chi connectivity index (χ0v) is 16.9. The lowest BCUT2D eigenvalue weighted by atomic mass is 9.63. The monoisotopic (exact) mass is 416 g/mol. The molecule has 4 aliphatic rings. The lowest BCUT2D eigenvalue weighted by Gasteiger charge is -2.55. The van der Waals surface area contributed by atoms with Gasteiger partial charge in [-0.3, -0.25) is 0 Å². The predicted molar refractivity (Wildman–Crippen MR) is 110 cm³/mol. The third kappa shape index (κ3) is 2.99. The zero-order chi connectivity index (χ0) is 19.4. The maximum absolute atomic E-state index is 12.2. The van der Waals surface area contributed by atoms with Crippen LogP contribution in [0.25, 0.3) is 0 Å². The molecule has 0 N–H and O–H groups in total. The van der Waals surface area contributed by atoms with E-state index in [4.69, 9.17) is 16.3 Å². The Morgan fingerprint density at radius 1 is 1.07 bits per heavy atom. The van der Waals surface area contributed by atoms with Gasteiger partial charge in [0.15, 0.2) is 0 Å². The van der Waals surface area contributed by atoms with Gasteiger partial charge in [0.25, 0.3) is 10.0 Å². The third-order valence-corrected chi connectivity index (χ3v) is 7.59. The summed E-state index contributed by atoms with van der Waals surface area (Å²) >= 11 is 6.02. The SMILES string of the molecule is O=S1(=O)CCN2C(=N1)C1(c3ccc(Oc4cccc(Cl)c4)cc3)CCC2CC1. The van der Waals surface area contributed by atoms with Crippen LogP contribution in [-0.2, 0) is 15.4 Å². The second-order valence-corrected chi connectivity index (χ2v) is 9.98. The highest BCUT2D eigenvalue weighted by molar-refractivity contribution is 7.90. The van der Waals surface area contributed by atoms with Crippen molar-refractivity contribution < 1.29 is 13.2 Å². The summed E-state index contributed by atoms with van der Waals surface area (Å²) in [4.78, 5) is 2.24. The van der Waals surface area contributed by atoms with Crippen LogP contribution in [0, 0.1) is 0 Å². The van der Waals surface area contributed by atoms with Crippen LogP contribution in [0.15, 0.2) is 52.9 Å². The average molecular weight is 417 g/mol. The van der Waals surface area contributed by atoms with Gasteiger partial charge < -0.3 is 9.64 Å². The lowest BCUT2D eigenvalue weighted by Crippen LogP contribution is -2.62. The summed E-state index contributed by atoms with van der Waals surface area (Å²) in [5, 5.41) is 0.628. The molecule has 28 heavy (non-hydrogen) atoms. The molecule has 5 nitrogen and oxygen atoms in total. The molecule has 146 valence electrons. The molecule has 0 unspecified atom stereocenters. The predicted octanol–water partition coefficient (Wildman–Crippen LogP) is 4.37. The molecule has 2 aromatic rings. The van der Waals surface area contributed by atoms with E-state index in [0.717, 1.165) is 42.8 Å². The van der Waals surface area contributed by atoms with Crippen molar-refractivity contribution in [3.05, 3.63) is 59.1 Å². The largest absolute Gasteiger partial charge is 0.457 e. The van der Waals surface area contributed by atoms with Crippen LogP contribution in [0.2, 0.25) is 5.02 Å². The first-order valence-electron chi connectivity index (χ1n) is 9.59. The van der Waals surface area contributed by atoms with Crippen molar-refractivity contribution in [2.45, 2.75) is 37.1 Å². The molecular formula is C21H21ClN2O3S. The Morgan fingerprint density at radius 3 is 2.54 bits per heavy atom. The van der Waals surface area contributed by atoms with Crippen molar-refractivity contribution in [2.75, 3.05) is 12.3 Å². The van der Waals surface area contributed by atoms with E-state index >= 15 is 0 Å². The number of fused-ring (bicyclic) bond motifs is 2. The smallest absolute Gasteiger partial charge is 0.256 e. The minimum Gasteiger partial charge on any atom is -0.457 e. The quantitative estimate of drug-likeness (QED) is 0.745. The van der Waals surface area contributed by atoms with Crippen molar-refractivity contribution in [2.24, 2.45) is 4.40 Å². The summed E-state index contributed by atoms with van der Waals surface area (Å²) in [5.74, 6) is 2.28. The number of amidine groups is 1. The lowest BCUT2D eigenvalue weighted by molar-refractivity contribution is 0.151. The molecule has 2 bridgehead atoms. The third-order valence-electron chi connectivity index (χ3n) is 6.20. The van der Waals surface area contributed by atoms with E-state index in [1.54, 1.807) is 12.1 Å². The number of benzene rings is 2. The van der Waals surface area contributed by atoms with E-state index in [2.05, 4.69) is 9.30 Å². The molecule has 3 fully saturated rings. The standard InChI is InChI=1S/C21H21ClN2O3S/c22-16-2-1-3-19(14-16)27-18-6-4-15(5-7-18)21-10-8-17(9-11-21)24-12-13-28(25,26)23-20(21)24/h1-7,14,17H,8-13H2. The van der Waals surface area contributed by atoms with Crippen LogP contribution in [0.1, 0.15) is 31.2 Å². The zero-order valence-electron chi connectivity index (χ0n) is 15.3. The first-order valence-corrected chi connectivity index (χ1v) is 11.6. The van der Waals surface area contributed by atoms with Gasteiger partial charge in [0, 0.05) is 17.6 Å². The summed E-state index contributed by atoms with van der Waals surface area (Å²) in [6, 6.07) is 15.7. The summed E-state index contributed by atoms with van der Waals surface area (Å²) in [6.45, 7) is 0.559. The number of nitrogens with zero attached hydrogens (tertiary/aromatic N) is 2. The molecular weight excluding hydrogens is 396 g/mol. The van der Waals surface area contributed by atoms with E-state index < -0.39 is 10.0 Å². The summed E-state index contributed by atoms with van der Waals surface area (Å²) in [6.07, 6.45) is 4.05.